The van der Waals surface area contributed by atoms with E-state index in [1.54, 1.807) is 0 Å². The molecule has 0 aromatic carbocycles. The summed E-state index contributed by atoms with van der Waals surface area (Å²) in [6, 6.07) is 0. The Kier molecular flexibility index (Phi) is 44.7. The van der Waals surface area contributed by atoms with Crippen LogP contribution in [0.3, 0.4) is 0 Å². The van der Waals surface area contributed by atoms with E-state index in [0.29, 0.717) is 19.3 Å². The van der Waals surface area contributed by atoms with Gasteiger partial charge in [-0.3, -0.25) is 14.4 Å². The van der Waals surface area contributed by atoms with Crippen molar-refractivity contribution in [2.45, 2.75) is 298 Å². The van der Waals surface area contributed by atoms with Crippen LogP contribution in [0.1, 0.15) is 291 Å². The summed E-state index contributed by atoms with van der Waals surface area (Å²) in [5, 5.41) is 0. The second-order valence-electron chi connectivity index (χ2n) is 19.1. The molecule has 0 heterocycles. The van der Waals surface area contributed by atoms with Gasteiger partial charge >= 0.3 is 17.9 Å². The Balaban J connectivity index is 4.13. The molecule has 0 N–H and O–H groups in total. The van der Waals surface area contributed by atoms with E-state index in [1.165, 1.54) is 180 Å². The summed E-state index contributed by atoms with van der Waals surface area (Å²) >= 11 is 0. The lowest BCUT2D eigenvalue weighted by Crippen LogP contribution is -2.30. The summed E-state index contributed by atoms with van der Waals surface area (Å²) < 4.78 is 16.7. The van der Waals surface area contributed by atoms with Crippen LogP contribution in [0.2, 0.25) is 0 Å². The van der Waals surface area contributed by atoms with Gasteiger partial charge in [0.25, 0.3) is 0 Å². The highest BCUT2D eigenvalue weighted by Crippen LogP contribution is 2.17. The first kappa shape index (κ1) is 57.4. The van der Waals surface area contributed by atoms with Crippen LogP contribution in [0.15, 0.2) is 0 Å². The van der Waals surface area contributed by atoms with Crippen LogP contribution in [-0.2, 0) is 28.6 Å². The second kappa shape index (κ2) is 45.9. The lowest BCUT2D eigenvalue weighted by Gasteiger charge is -2.18. The van der Waals surface area contributed by atoms with Crippen molar-refractivity contribution < 1.29 is 28.6 Å². The Bertz CT molecular complexity index is 900. The Morgan fingerprint density at radius 2 is 0.559 bits per heavy atom. The van der Waals surface area contributed by atoms with E-state index in [0.717, 1.165) is 69.6 Å². The normalized spacial score (nSPS) is 12.1. The van der Waals surface area contributed by atoms with Crippen molar-refractivity contribution in [1.29, 1.82) is 0 Å². The third-order valence-corrected chi connectivity index (χ3v) is 12.0. The van der Waals surface area contributed by atoms with Crippen molar-refractivity contribution in [2.24, 2.45) is 11.8 Å². The minimum absolute atomic E-state index is 0.0641. The van der Waals surface area contributed by atoms with Crippen LogP contribution in [0, 0.1) is 11.8 Å². The van der Waals surface area contributed by atoms with Gasteiger partial charge in [-0.05, 0) is 31.1 Å². The molecule has 0 radical (unpaired) electrons. The standard InChI is InChI=1S/C53H102O6/c1-6-7-8-9-26-33-38-43-51(54)57-46-50(59-53(56)45-40-35-30-25-21-20-23-28-32-37-42-49(4)5)47-58-52(55)44-39-34-29-24-19-17-15-13-11-10-12-14-16-18-22-27-31-36-41-48(2)3/h48-50H,6-47H2,1-5H3/t50-/m0/s1. The molecule has 6 heteroatoms. The van der Waals surface area contributed by atoms with Gasteiger partial charge in [-0.1, -0.05) is 253 Å². The van der Waals surface area contributed by atoms with Crippen molar-refractivity contribution in [3.63, 3.8) is 0 Å². The highest BCUT2D eigenvalue weighted by molar-refractivity contribution is 5.71. The molecule has 1 atom stereocenters. The maximum atomic E-state index is 12.7. The van der Waals surface area contributed by atoms with E-state index in [4.69, 9.17) is 14.2 Å². The highest BCUT2D eigenvalue weighted by atomic mass is 16.6. The van der Waals surface area contributed by atoms with Crippen molar-refractivity contribution in [2.75, 3.05) is 13.2 Å². The Morgan fingerprint density at radius 1 is 0.322 bits per heavy atom. The molecule has 0 unspecified atom stereocenters. The van der Waals surface area contributed by atoms with E-state index in [1.807, 2.05) is 0 Å². The van der Waals surface area contributed by atoms with E-state index >= 15 is 0 Å². The van der Waals surface area contributed by atoms with Crippen LogP contribution in [0.25, 0.3) is 0 Å². The summed E-state index contributed by atoms with van der Waals surface area (Å²) in [6.07, 6.45) is 46.8. The van der Waals surface area contributed by atoms with E-state index in [-0.39, 0.29) is 31.1 Å². The molecule has 0 amide bonds. The molecular weight excluding hydrogens is 733 g/mol. The Morgan fingerprint density at radius 3 is 0.831 bits per heavy atom. The molecule has 0 aromatic heterocycles. The number of carbonyl (C=O) groups is 3. The second-order valence-corrected chi connectivity index (χ2v) is 19.1. The maximum absolute atomic E-state index is 12.7. The number of hydrogen-bond acceptors (Lipinski definition) is 6. The van der Waals surface area contributed by atoms with Gasteiger partial charge in [0.05, 0.1) is 0 Å². The summed E-state index contributed by atoms with van der Waals surface area (Å²) in [5.41, 5.74) is 0. The fourth-order valence-electron chi connectivity index (χ4n) is 7.99. The first-order valence-corrected chi connectivity index (χ1v) is 26.2. The Labute approximate surface area is 368 Å². The summed E-state index contributed by atoms with van der Waals surface area (Å²) in [4.78, 5) is 37.8. The third-order valence-electron chi connectivity index (χ3n) is 12.0. The number of rotatable bonds is 47. The van der Waals surface area contributed by atoms with Crippen molar-refractivity contribution in [3.8, 4) is 0 Å². The molecule has 0 rings (SSSR count). The zero-order valence-corrected chi connectivity index (χ0v) is 40.4. The van der Waals surface area contributed by atoms with Gasteiger partial charge in [0.1, 0.15) is 13.2 Å². The molecule has 350 valence electrons. The third kappa shape index (κ3) is 47.3. The van der Waals surface area contributed by atoms with Crippen molar-refractivity contribution >= 4 is 17.9 Å². The number of unbranched alkanes of at least 4 members (excludes halogenated alkanes) is 32. The first-order chi connectivity index (χ1) is 28.7. The van der Waals surface area contributed by atoms with Crippen LogP contribution in [-0.4, -0.2) is 37.2 Å². The molecule has 0 aromatic rings. The predicted octanol–water partition coefficient (Wildman–Crippen LogP) is 16.9. The van der Waals surface area contributed by atoms with Crippen molar-refractivity contribution in [3.05, 3.63) is 0 Å². The molecule has 0 fully saturated rings. The zero-order chi connectivity index (χ0) is 43.3. The predicted molar refractivity (Wildman–Crippen MR) is 252 cm³/mol. The molecular formula is C53H102O6. The smallest absolute Gasteiger partial charge is 0.306 e. The van der Waals surface area contributed by atoms with Crippen LogP contribution in [0.4, 0.5) is 0 Å². The SMILES string of the molecule is CCCCCCCCCC(=O)OC[C@@H](COC(=O)CCCCCCCCCCCCCCCCCCCCC(C)C)OC(=O)CCCCCCCCCCCCC(C)C. The molecule has 0 saturated heterocycles. The average Bonchev–Trinajstić information content (AvgIpc) is 3.20. The summed E-state index contributed by atoms with van der Waals surface area (Å²) in [5.74, 6) is 0.820. The molecule has 0 aliphatic rings. The minimum Gasteiger partial charge on any atom is -0.462 e. The van der Waals surface area contributed by atoms with Crippen molar-refractivity contribution in [1.82, 2.24) is 0 Å². The monoisotopic (exact) mass is 835 g/mol. The summed E-state index contributed by atoms with van der Waals surface area (Å²) in [6.45, 7) is 11.3. The minimum atomic E-state index is -0.760. The molecule has 0 aliphatic heterocycles. The van der Waals surface area contributed by atoms with Gasteiger partial charge in [0.15, 0.2) is 6.10 Å². The van der Waals surface area contributed by atoms with E-state index < -0.39 is 6.10 Å². The fraction of sp³-hybridized carbons (Fsp3) is 0.943. The first-order valence-electron chi connectivity index (χ1n) is 26.2. The van der Waals surface area contributed by atoms with Crippen LogP contribution >= 0.6 is 0 Å². The number of carbonyl (C=O) groups excluding carboxylic acids is 3. The maximum Gasteiger partial charge on any atom is 0.306 e. The average molecular weight is 835 g/mol. The lowest BCUT2D eigenvalue weighted by atomic mass is 10.0. The molecule has 0 saturated carbocycles. The lowest BCUT2D eigenvalue weighted by molar-refractivity contribution is -0.167. The van der Waals surface area contributed by atoms with Gasteiger partial charge in [-0.15, -0.1) is 0 Å². The molecule has 0 bridgehead atoms. The fourth-order valence-corrected chi connectivity index (χ4v) is 7.99. The number of esters is 3. The quantitative estimate of drug-likeness (QED) is 0.0345. The largest absolute Gasteiger partial charge is 0.462 e. The van der Waals surface area contributed by atoms with E-state index in [2.05, 4.69) is 34.6 Å². The highest BCUT2D eigenvalue weighted by Gasteiger charge is 2.19. The number of hydrogen-bond donors (Lipinski definition) is 0. The van der Waals surface area contributed by atoms with E-state index in [9.17, 15) is 14.4 Å². The van der Waals surface area contributed by atoms with Gasteiger partial charge in [0.2, 0.25) is 0 Å². The zero-order valence-electron chi connectivity index (χ0n) is 40.4. The molecule has 6 nitrogen and oxygen atoms in total. The molecule has 59 heavy (non-hydrogen) atoms. The Hall–Kier alpha value is -1.59. The van der Waals surface area contributed by atoms with Gasteiger partial charge in [-0.2, -0.15) is 0 Å². The van der Waals surface area contributed by atoms with Crippen LogP contribution in [0.5, 0.6) is 0 Å². The van der Waals surface area contributed by atoms with Crippen LogP contribution < -0.4 is 0 Å². The number of ether oxygens (including phenoxy) is 3. The molecule has 0 spiro atoms. The topological polar surface area (TPSA) is 78.9 Å². The summed E-state index contributed by atoms with van der Waals surface area (Å²) in [7, 11) is 0. The van der Waals surface area contributed by atoms with Gasteiger partial charge in [-0.25, -0.2) is 0 Å². The molecule has 0 aliphatic carbocycles. The van der Waals surface area contributed by atoms with Gasteiger partial charge in [0, 0.05) is 19.3 Å². The van der Waals surface area contributed by atoms with Gasteiger partial charge < -0.3 is 14.2 Å².